The van der Waals surface area contributed by atoms with E-state index < -0.39 is 0 Å². The average molecular weight is 285 g/mol. The minimum absolute atomic E-state index is 0.259. The van der Waals surface area contributed by atoms with E-state index in [0.29, 0.717) is 11.3 Å². The number of nitrogens with one attached hydrogen (secondary N) is 2. The van der Waals surface area contributed by atoms with E-state index in [9.17, 15) is 4.79 Å². The third kappa shape index (κ3) is 3.29. The van der Waals surface area contributed by atoms with Crippen LogP contribution in [0.5, 0.6) is 0 Å². The van der Waals surface area contributed by atoms with E-state index in [1.165, 1.54) is 6.20 Å². The van der Waals surface area contributed by atoms with E-state index in [2.05, 4.69) is 15.7 Å². The van der Waals surface area contributed by atoms with Gasteiger partial charge in [-0.15, -0.1) is 0 Å². The van der Waals surface area contributed by atoms with Gasteiger partial charge < -0.3 is 15.6 Å². The molecule has 2 rings (SSSR count). The van der Waals surface area contributed by atoms with Crippen molar-refractivity contribution in [2.24, 2.45) is 5.84 Å². The molecular formula is C15H19N5O. The normalized spacial score (nSPS) is 10.1. The maximum atomic E-state index is 12.4. The topological polar surface area (TPSA) is 83.3 Å². The number of amides is 1. The molecule has 0 aliphatic rings. The Morgan fingerprint density at radius 3 is 2.62 bits per heavy atom. The van der Waals surface area contributed by atoms with Crippen molar-refractivity contribution in [1.29, 1.82) is 0 Å². The van der Waals surface area contributed by atoms with Gasteiger partial charge in [0.25, 0.3) is 5.91 Å². The van der Waals surface area contributed by atoms with Gasteiger partial charge in [-0.25, -0.2) is 0 Å². The number of nitrogen functional groups attached to an aromatic ring is 1. The molecule has 0 fully saturated rings. The highest BCUT2D eigenvalue weighted by atomic mass is 16.1. The highest BCUT2D eigenvalue weighted by Gasteiger charge is 2.14. The number of hydrazine groups is 1. The maximum absolute atomic E-state index is 12.4. The lowest BCUT2D eigenvalue weighted by atomic mass is 10.2. The molecule has 0 saturated heterocycles. The first kappa shape index (κ1) is 14.8. The summed E-state index contributed by atoms with van der Waals surface area (Å²) >= 11 is 0. The fourth-order valence-electron chi connectivity index (χ4n) is 2.02. The molecule has 1 amide bonds. The van der Waals surface area contributed by atoms with E-state index in [-0.39, 0.29) is 5.91 Å². The van der Waals surface area contributed by atoms with Crippen LogP contribution in [0.25, 0.3) is 0 Å². The fourth-order valence-corrected chi connectivity index (χ4v) is 2.02. The number of rotatable bonds is 4. The molecule has 1 aromatic heterocycles. The Morgan fingerprint density at radius 1 is 1.24 bits per heavy atom. The first-order valence-electron chi connectivity index (χ1n) is 6.54. The highest BCUT2D eigenvalue weighted by molar-refractivity contribution is 6.09. The monoisotopic (exact) mass is 285 g/mol. The molecule has 0 spiro atoms. The van der Waals surface area contributed by atoms with Gasteiger partial charge in [-0.2, -0.15) is 0 Å². The lowest BCUT2D eigenvalue weighted by Gasteiger charge is -2.18. The molecule has 1 heterocycles. The van der Waals surface area contributed by atoms with Crippen LogP contribution in [0.1, 0.15) is 16.1 Å². The summed E-state index contributed by atoms with van der Waals surface area (Å²) in [5.41, 5.74) is 5.91. The summed E-state index contributed by atoms with van der Waals surface area (Å²) < 4.78 is 0. The number of aromatic nitrogens is 1. The average Bonchev–Trinajstić information content (AvgIpc) is 2.47. The molecule has 0 radical (unpaired) electrons. The minimum atomic E-state index is -0.259. The van der Waals surface area contributed by atoms with Crippen LogP contribution in [0.4, 0.5) is 17.1 Å². The van der Waals surface area contributed by atoms with Crippen LogP contribution in [0.15, 0.2) is 36.5 Å². The van der Waals surface area contributed by atoms with Crippen LogP contribution >= 0.6 is 0 Å². The van der Waals surface area contributed by atoms with Crippen molar-refractivity contribution < 1.29 is 4.79 Å². The van der Waals surface area contributed by atoms with E-state index in [1.807, 2.05) is 50.2 Å². The first-order chi connectivity index (χ1) is 10.0. The van der Waals surface area contributed by atoms with Crippen LogP contribution in [0.3, 0.4) is 0 Å². The fraction of sp³-hybridized carbons (Fsp3) is 0.200. The number of pyridine rings is 1. The third-order valence-corrected chi connectivity index (χ3v) is 3.07. The van der Waals surface area contributed by atoms with Crippen molar-refractivity contribution in [2.75, 3.05) is 29.7 Å². The van der Waals surface area contributed by atoms with Gasteiger partial charge in [0.2, 0.25) is 0 Å². The zero-order valence-corrected chi connectivity index (χ0v) is 12.3. The number of anilines is 3. The molecule has 0 unspecified atom stereocenters. The minimum Gasteiger partial charge on any atom is -0.376 e. The van der Waals surface area contributed by atoms with Gasteiger partial charge in [0.05, 0.1) is 22.6 Å². The van der Waals surface area contributed by atoms with Crippen LogP contribution in [0, 0.1) is 6.92 Å². The summed E-state index contributed by atoms with van der Waals surface area (Å²) in [5.74, 6) is 5.20. The van der Waals surface area contributed by atoms with E-state index in [0.717, 1.165) is 17.1 Å². The van der Waals surface area contributed by atoms with Crippen LogP contribution < -0.4 is 21.5 Å². The molecule has 0 aliphatic heterocycles. The van der Waals surface area contributed by atoms with Crippen molar-refractivity contribution in [1.82, 2.24) is 4.98 Å². The number of hydrogen-bond acceptors (Lipinski definition) is 5. The number of nitrogens with two attached hydrogens (primary N) is 1. The number of hydrogen-bond donors (Lipinski definition) is 3. The van der Waals surface area contributed by atoms with E-state index in [1.54, 1.807) is 6.07 Å². The second-order valence-electron chi connectivity index (χ2n) is 4.88. The van der Waals surface area contributed by atoms with Gasteiger partial charge in [0, 0.05) is 26.0 Å². The maximum Gasteiger partial charge on any atom is 0.259 e. The van der Waals surface area contributed by atoms with Crippen LogP contribution in [0.2, 0.25) is 0 Å². The number of aryl methyl sites for hydroxylation is 1. The summed E-state index contributed by atoms with van der Waals surface area (Å²) in [6.07, 6.45) is 1.51. The van der Waals surface area contributed by atoms with Gasteiger partial charge in [-0.3, -0.25) is 15.6 Å². The van der Waals surface area contributed by atoms with E-state index in [4.69, 9.17) is 5.84 Å². The summed E-state index contributed by atoms with van der Waals surface area (Å²) in [4.78, 5) is 18.5. The molecule has 0 atom stereocenters. The first-order valence-corrected chi connectivity index (χ1v) is 6.54. The van der Waals surface area contributed by atoms with Gasteiger partial charge >= 0.3 is 0 Å². The lowest BCUT2D eigenvalue weighted by Crippen LogP contribution is -2.19. The Hall–Kier alpha value is -2.60. The molecule has 21 heavy (non-hydrogen) atoms. The van der Waals surface area contributed by atoms with Gasteiger partial charge in [-0.05, 0) is 25.1 Å². The summed E-state index contributed by atoms with van der Waals surface area (Å²) in [6.45, 7) is 1.84. The number of benzene rings is 1. The SMILES string of the molecule is Cc1cc(NN)c(C(=O)Nc2ccccc2N(C)C)cn1. The molecule has 6 nitrogen and oxygen atoms in total. The molecule has 0 saturated carbocycles. The lowest BCUT2D eigenvalue weighted by molar-refractivity contribution is 0.102. The smallest absolute Gasteiger partial charge is 0.259 e. The van der Waals surface area contributed by atoms with Gasteiger partial charge in [-0.1, -0.05) is 12.1 Å². The van der Waals surface area contributed by atoms with Crippen molar-refractivity contribution >= 4 is 23.0 Å². The quantitative estimate of drug-likeness (QED) is 0.591. The Balaban J connectivity index is 2.31. The number of para-hydroxylation sites is 2. The molecule has 0 aliphatic carbocycles. The van der Waals surface area contributed by atoms with Crippen LogP contribution in [-0.2, 0) is 0 Å². The standard InChI is InChI=1S/C15H19N5O/c1-10-8-13(19-16)11(9-17-10)15(21)18-12-6-4-5-7-14(12)20(2)3/h4-9H,16H2,1-3H3,(H,17,19)(H,18,21). The number of carbonyl (C=O) groups excluding carboxylic acids is 1. The summed E-state index contributed by atoms with van der Waals surface area (Å²) in [7, 11) is 3.84. The molecule has 6 heteroatoms. The molecule has 2 aromatic rings. The van der Waals surface area contributed by atoms with Crippen molar-refractivity contribution in [3.05, 3.63) is 47.8 Å². The van der Waals surface area contributed by atoms with Gasteiger partial charge in [0.1, 0.15) is 0 Å². The second kappa shape index (κ2) is 6.23. The molecule has 4 N–H and O–H groups in total. The highest BCUT2D eigenvalue weighted by Crippen LogP contribution is 2.25. The molecular weight excluding hydrogens is 266 g/mol. The van der Waals surface area contributed by atoms with Crippen molar-refractivity contribution in [3.8, 4) is 0 Å². The largest absolute Gasteiger partial charge is 0.376 e. The van der Waals surface area contributed by atoms with Crippen molar-refractivity contribution in [3.63, 3.8) is 0 Å². The summed E-state index contributed by atoms with van der Waals surface area (Å²) in [5, 5.41) is 2.89. The Kier molecular flexibility index (Phi) is 4.39. The molecule has 1 aromatic carbocycles. The van der Waals surface area contributed by atoms with Gasteiger partial charge in [0.15, 0.2) is 0 Å². The predicted molar refractivity (Wildman–Crippen MR) is 85.5 cm³/mol. The summed E-state index contributed by atoms with van der Waals surface area (Å²) in [6, 6.07) is 9.31. The zero-order chi connectivity index (χ0) is 15.4. The Bertz CT molecular complexity index is 654. The van der Waals surface area contributed by atoms with Crippen molar-refractivity contribution in [2.45, 2.75) is 6.92 Å². The number of carbonyl (C=O) groups is 1. The Labute approximate surface area is 123 Å². The second-order valence-corrected chi connectivity index (χ2v) is 4.88. The Morgan fingerprint density at radius 2 is 1.95 bits per heavy atom. The third-order valence-electron chi connectivity index (χ3n) is 3.07. The number of nitrogens with zero attached hydrogens (tertiary/aromatic N) is 2. The van der Waals surface area contributed by atoms with E-state index >= 15 is 0 Å². The predicted octanol–water partition coefficient (Wildman–Crippen LogP) is 1.99. The molecule has 0 bridgehead atoms. The van der Waals surface area contributed by atoms with Crippen LogP contribution in [-0.4, -0.2) is 25.0 Å². The zero-order valence-electron chi connectivity index (χ0n) is 12.3. The molecule has 110 valence electrons.